The Labute approximate surface area is 144 Å². The summed E-state index contributed by atoms with van der Waals surface area (Å²) < 4.78 is 11.1. The standard InChI is InChI=1S/C19H30N2O3/c1-4-24-16-7-5-15(6-8-16)19(9-11-23-12-10-19)13-21-18(22)17(20)14(2)3/h5-8,14,17H,4,9-13,20H2,1-3H3,(H,21,22)/t17-/m0/s1. The molecule has 1 aliphatic rings. The normalized spacial score (nSPS) is 18.2. The van der Waals surface area contributed by atoms with E-state index in [4.69, 9.17) is 15.2 Å². The lowest BCUT2D eigenvalue weighted by atomic mass is 9.74. The van der Waals surface area contributed by atoms with Crippen LogP contribution in [0.15, 0.2) is 24.3 Å². The van der Waals surface area contributed by atoms with Crippen LogP contribution in [0.3, 0.4) is 0 Å². The Bertz CT molecular complexity index is 522. The highest BCUT2D eigenvalue weighted by atomic mass is 16.5. The summed E-state index contributed by atoms with van der Waals surface area (Å²) in [6.45, 7) is 8.55. The Morgan fingerprint density at radius 2 is 1.92 bits per heavy atom. The Hall–Kier alpha value is -1.59. The predicted molar refractivity (Wildman–Crippen MR) is 95.2 cm³/mol. The minimum absolute atomic E-state index is 0.0817. The molecule has 1 aromatic carbocycles. The molecule has 24 heavy (non-hydrogen) atoms. The zero-order valence-electron chi connectivity index (χ0n) is 15.0. The van der Waals surface area contributed by atoms with E-state index in [2.05, 4.69) is 17.4 Å². The van der Waals surface area contributed by atoms with Gasteiger partial charge in [-0.05, 0) is 43.4 Å². The average Bonchev–Trinajstić information content (AvgIpc) is 2.60. The van der Waals surface area contributed by atoms with E-state index in [0.29, 0.717) is 26.4 Å². The third-order valence-electron chi connectivity index (χ3n) is 4.85. The van der Waals surface area contributed by atoms with E-state index in [9.17, 15) is 4.79 Å². The molecular formula is C19H30N2O3. The van der Waals surface area contributed by atoms with Gasteiger partial charge in [0, 0.05) is 25.2 Å². The van der Waals surface area contributed by atoms with Crippen LogP contribution in [-0.2, 0) is 14.9 Å². The average molecular weight is 334 g/mol. The van der Waals surface area contributed by atoms with Crippen LogP contribution in [0.1, 0.15) is 39.2 Å². The van der Waals surface area contributed by atoms with Gasteiger partial charge in [0.1, 0.15) is 5.75 Å². The molecule has 1 atom stereocenters. The fraction of sp³-hybridized carbons (Fsp3) is 0.632. The van der Waals surface area contributed by atoms with E-state index in [0.717, 1.165) is 18.6 Å². The number of carbonyl (C=O) groups excluding carboxylic acids is 1. The molecule has 0 aliphatic carbocycles. The SMILES string of the molecule is CCOc1ccc(C2(CNC(=O)[C@@H](N)C(C)C)CCOCC2)cc1. The van der Waals surface area contributed by atoms with Gasteiger partial charge in [-0.2, -0.15) is 0 Å². The highest BCUT2D eigenvalue weighted by Crippen LogP contribution is 2.35. The third kappa shape index (κ3) is 4.48. The van der Waals surface area contributed by atoms with Crippen LogP contribution in [0.5, 0.6) is 5.75 Å². The van der Waals surface area contributed by atoms with Gasteiger partial charge in [-0.1, -0.05) is 26.0 Å². The maximum absolute atomic E-state index is 12.3. The van der Waals surface area contributed by atoms with Gasteiger partial charge >= 0.3 is 0 Å². The number of nitrogens with one attached hydrogen (secondary N) is 1. The first-order chi connectivity index (χ1) is 11.5. The monoisotopic (exact) mass is 334 g/mol. The molecule has 1 aromatic rings. The molecule has 2 rings (SSSR count). The van der Waals surface area contributed by atoms with E-state index < -0.39 is 6.04 Å². The van der Waals surface area contributed by atoms with Crippen LogP contribution in [0.4, 0.5) is 0 Å². The van der Waals surface area contributed by atoms with Crippen LogP contribution >= 0.6 is 0 Å². The highest BCUT2D eigenvalue weighted by molar-refractivity contribution is 5.81. The molecule has 5 heteroatoms. The summed E-state index contributed by atoms with van der Waals surface area (Å²) in [7, 11) is 0. The van der Waals surface area contributed by atoms with Crippen molar-refractivity contribution in [2.45, 2.75) is 45.1 Å². The molecule has 0 bridgehead atoms. The van der Waals surface area contributed by atoms with Crippen molar-refractivity contribution >= 4 is 5.91 Å². The highest BCUT2D eigenvalue weighted by Gasteiger charge is 2.35. The van der Waals surface area contributed by atoms with Gasteiger partial charge in [0.15, 0.2) is 0 Å². The summed E-state index contributed by atoms with van der Waals surface area (Å²) in [5.41, 5.74) is 7.07. The molecule has 1 aliphatic heterocycles. The fourth-order valence-corrected chi connectivity index (χ4v) is 3.08. The molecule has 0 radical (unpaired) electrons. The lowest BCUT2D eigenvalue weighted by Crippen LogP contribution is -2.50. The number of carbonyl (C=O) groups is 1. The quantitative estimate of drug-likeness (QED) is 0.802. The van der Waals surface area contributed by atoms with Gasteiger partial charge in [0.25, 0.3) is 0 Å². The number of ether oxygens (including phenoxy) is 2. The number of hydrogen-bond donors (Lipinski definition) is 2. The first kappa shape index (κ1) is 18.7. The van der Waals surface area contributed by atoms with Crippen molar-refractivity contribution in [3.05, 3.63) is 29.8 Å². The van der Waals surface area contributed by atoms with Crippen molar-refractivity contribution in [2.24, 2.45) is 11.7 Å². The maximum atomic E-state index is 12.3. The molecule has 1 fully saturated rings. The van der Waals surface area contributed by atoms with Gasteiger partial charge in [0.2, 0.25) is 5.91 Å². The van der Waals surface area contributed by atoms with Crippen LogP contribution in [0.25, 0.3) is 0 Å². The summed E-state index contributed by atoms with van der Waals surface area (Å²) >= 11 is 0. The van der Waals surface area contributed by atoms with Crippen LogP contribution in [0, 0.1) is 5.92 Å². The zero-order valence-corrected chi connectivity index (χ0v) is 15.0. The van der Waals surface area contributed by atoms with Gasteiger partial charge in [-0.25, -0.2) is 0 Å². The van der Waals surface area contributed by atoms with E-state index in [1.165, 1.54) is 5.56 Å². The third-order valence-corrected chi connectivity index (χ3v) is 4.85. The van der Waals surface area contributed by atoms with Crippen LogP contribution in [0.2, 0.25) is 0 Å². The number of hydrogen-bond acceptors (Lipinski definition) is 4. The minimum atomic E-state index is -0.470. The Balaban J connectivity index is 2.12. The molecular weight excluding hydrogens is 304 g/mol. The van der Waals surface area contributed by atoms with E-state index in [1.807, 2.05) is 32.9 Å². The topological polar surface area (TPSA) is 73.6 Å². The van der Waals surface area contributed by atoms with E-state index in [1.54, 1.807) is 0 Å². The Morgan fingerprint density at radius 3 is 2.46 bits per heavy atom. The van der Waals surface area contributed by atoms with Crippen molar-refractivity contribution < 1.29 is 14.3 Å². The van der Waals surface area contributed by atoms with Gasteiger partial charge < -0.3 is 20.5 Å². The number of nitrogens with two attached hydrogens (primary N) is 1. The lowest BCUT2D eigenvalue weighted by molar-refractivity contribution is -0.123. The fourth-order valence-electron chi connectivity index (χ4n) is 3.08. The van der Waals surface area contributed by atoms with E-state index in [-0.39, 0.29) is 17.2 Å². The zero-order chi connectivity index (χ0) is 17.6. The van der Waals surface area contributed by atoms with E-state index >= 15 is 0 Å². The molecule has 0 saturated carbocycles. The molecule has 1 amide bonds. The molecule has 134 valence electrons. The molecule has 3 N–H and O–H groups in total. The molecule has 1 heterocycles. The molecule has 0 spiro atoms. The summed E-state index contributed by atoms with van der Waals surface area (Å²) in [6.07, 6.45) is 1.77. The second-order valence-electron chi connectivity index (χ2n) is 6.84. The maximum Gasteiger partial charge on any atom is 0.237 e. The largest absolute Gasteiger partial charge is 0.494 e. The number of amides is 1. The Morgan fingerprint density at radius 1 is 1.29 bits per heavy atom. The second kappa shape index (κ2) is 8.49. The summed E-state index contributed by atoms with van der Waals surface area (Å²) in [5.74, 6) is 0.914. The molecule has 0 aromatic heterocycles. The Kier molecular flexibility index (Phi) is 6.63. The molecule has 5 nitrogen and oxygen atoms in total. The lowest BCUT2D eigenvalue weighted by Gasteiger charge is -2.38. The van der Waals surface area contributed by atoms with Gasteiger partial charge in [-0.15, -0.1) is 0 Å². The van der Waals surface area contributed by atoms with Crippen molar-refractivity contribution in [3.63, 3.8) is 0 Å². The molecule has 1 saturated heterocycles. The van der Waals surface area contributed by atoms with Crippen molar-refractivity contribution in [2.75, 3.05) is 26.4 Å². The smallest absolute Gasteiger partial charge is 0.237 e. The summed E-state index contributed by atoms with van der Waals surface area (Å²) in [6, 6.07) is 7.73. The van der Waals surface area contributed by atoms with Gasteiger partial charge in [-0.3, -0.25) is 4.79 Å². The second-order valence-corrected chi connectivity index (χ2v) is 6.84. The summed E-state index contributed by atoms with van der Waals surface area (Å²) in [5, 5.41) is 3.06. The van der Waals surface area contributed by atoms with Crippen LogP contribution < -0.4 is 15.8 Å². The first-order valence-corrected chi connectivity index (χ1v) is 8.83. The predicted octanol–water partition coefficient (Wildman–Crippen LogP) is 2.23. The van der Waals surface area contributed by atoms with Crippen molar-refractivity contribution in [3.8, 4) is 5.75 Å². The number of rotatable bonds is 7. The van der Waals surface area contributed by atoms with Gasteiger partial charge in [0.05, 0.1) is 12.6 Å². The summed E-state index contributed by atoms with van der Waals surface area (Å²) in [4.78, 5) is 12.3. The number of benzene rings is 1. The first-order valence-electron chi connectivity index (χ1n) is 8.83. The van der Waals surface area contributed by atoms with Crippen molar-refractivity contribution in [1.82, 2.24) is 5.32 Å². The molecule has 0 unspecified atom stereocenters. The van der Waals surface area contributed by atoms with Crippen LogP contribution in [-0.4, -0.2) is 38.3 Å². The van der Waals surface area contributed by atoms with Crippen molar-refractivity contribution in [1.29, 1.82) is 0 Å². The minimum Gasteiger partial charge on any atom is -0.494 e.